The summed E-state index contributed by atoms with van der Waals surface area (Å²) in [5, 5.41) is 11.0. The highest BCUT2D eigenvalue weighted by molar-refractivity contribution is 6.33. The lowest BCUT2D eigenvalue weighted by Crippen LogP contribution is -1.96. The normalized spacial score (nSPS) is 11.8. The van der Waals surface area contributed by atoms with Gasteiger partial charge in [-0.25, -0.2) is 9.97 Å². The summed E-state index contributed by atoms with van der Waals surface area (Å²) in [5.74, 6) is 0.730. The van der Waals surface area contributed by atoms with Crippen LogP contribution in [0.4, 0.5) is 0 Å². The van der Waals surface area contributed by atoms with E-state index >= 15 is 0 Å². The molecule has 0 N–H and O–H groups in total. The largest absolute Gasteiger partial charge is 0.309 e. The van der Waals surface area contributed by atoms with Crippen molar-refractivity contribution in [3.05, 3.63) is 164 Å². The first-order valence-electron chi connectivity index (χ1n) is 16.0. The summed E-state index contributed by atoms with van der Waals surface area (Å²) in [6.45, 7) is 0. The average molecular weight is 598 g/mol. The second kappa shape index (κ2) is 10.1. The first-order valence-corrected chi connectivity index (χ1v) is 16.0. The molecule has 10 aromatic rings. The lowest BCUT2D eigenvalue weighted by molar-refractivity contribution is 1.19. The Kier molecular flexibility index (Phi) is 5.57. The highest BCUT2D eigenvalue weighted by atomic mass is 15.0. The molecule has 0 aliphatic rings. The molecule has 0 aliphatic heterocycles. The van der Waals surface area contributed by atoms with Gasteiger partial charge >= 0.3 is 0 Å². The molecule has 2 heterocycles. The standard InChI is InChI=1S/C44H27N3/c1-3-13-28(14-4-1)42-37-20-9-11-21-39(37)45-44(46-42)29-23-24-32-35-25-26-36-33-18-10-12-22-40(33)47(30-15-5-2-6-16-30)43(36)41(35)34-19-8-7-17-31(34)38(32)27-29/h1-27H. The van der Waals surface area contributed by atoms with Crippen molar-refractivity contribution in [3.63, 3.8) is 0 Å². The first kappa shape index (κ1) is 26.0. The maximum absolute atomic E-state index is 5.19. The third-order valence-corrected chi connectivity index (χ3v) is 9.56. The molecule has 0 saturated carbocycles. The van der Waals surface area contributed by atoms with Gasteiger partial charge in [-0.2, -0.15) is 0 Å². The lowest BCUT2D eigenvalue weighted by Gasteiger charge is -2.15. The van der Waals surface area contributed by atoms with Crippen molar-refractivity contribution in [3.8, 4) is 28.3 Å². The van der Waals surface area contributed by atoms with Crippen molar-refractivity contribution in [2.24, 2.45) is 0 Å². The number of benzene rings is 8. The van der Waals surface area contributed by atoms with Crippen molar-refractivity contribution in [2.75, 3.05) is 0 Å². The van der Waals surface area contributed by atoms with Crippen LogP contribution in [0, 0.1) is 0 Å². The predicted octanol–water partition coefficient (Wildman–Crippen LogP) is 11.5. The molecule has 0 radical (unpaired) electrons. The predicted molar refractivity (Wildman–Crippen MR) is 197 cm³/mol. The smallest absolute Gasteiger partial charge is 0.160 e. The Labute approximate surface area is 271 Å². The second-order valence-corrected chi connectivity index (χ2v) is 12.2. The third kappa shape index (κ3) is 3.87. The van der Waals surface area contributed by atoms with Crippen LogP contribution in [0.3, 0.4) is 0 Å². The van der Waals surface area contributed by atoms with Crippen LogP contribution in [0.5, 0.6) is 0 Å². The zero-order valence-corrected chi connectivity index (χ0v) is 25.4. The van der Waals surface area contributed by atoms with Crippen molar-refractivity contribution in [1.82, 2.24) is 14.5 Å². The van der Waals surface area contributed by atoms with E-state index in [0.717, 1.165) is 39.2 Å². The molecule has 3 nitrogen and oxygen atoms in total. The molecule has 0 unspecified atom stereocenters. The number of para-hydroxylation sites is 3. The highest BCUT2D eigenvalue weighted by Crippen LogP contribution is 2.43. The zero-order valence-electron chi connectivity index (χ0n) is 25.4. The summed E-state index contributed by atoms with van der Waals surface area (Å²) in [6.07, 6.45) is 0. The van der Waals surface area contributed by atoms with E-state index in [2.05, 4.69) is 156 Å². The topological polar surface area (TPSA) is 30.7 Å². The van der Waals surface area contributed by atoms with Crippen LogP contribution in [-0.2, 0) is 0 Å². The van der Waals surface area contributed by atoms with E-state index in [-0.39, 0.29) is 0 Å². The summed E-state index contributed by atoms with van der Waals surface area (Å²) in [5.41, 5.74) is 7.59. The third-order valence-electron chi connectivity index (χ3n) is 9.56. The van der Waals surface area contributed by atoms with Gasteiger partial charge < -0.3 is 4.57 Å². The van der Waals surface area contributed by atoms with Gasteiger partial charge in [-0.15, -0.1) is 0 Å². The number of hydrogen-bond donors (Lipinski definition) is 0. The van der Waals surface area contributed by atoms with Gasteiger partial charge in [-0.1, -0.05) is 133 Å². The van der Waals surface area contributed by atoms with Gasteiger partial charge in [-0.3, -0.25) is 0 Å². The number of rotatable bonds is 3. The summed E-state index contributed by atoms with van der Waals surface area (Å²) >= 11 is 0. The second-order valence-electron chi connectivity index (χ2n) is 12.2. The number of hydrogen-bond acceptors (Lipinski definition) is 2. The minimum absolute atomic E-state index is 0.730. The average Bonchev–Trinajstić information content (AvgIpc) is 3.49. The molecule has 0 atom stereocenters. The summed E-state index contributed by atoms with van der Waals surface area (Å²) in [4.78, 5) is 10.3. The molecule has 2 aromatic heterocycles. The van der Waals surface area contributed by atoms with E-state index in [1.807, 2.05) is 12.1 Å². The van der Waals surface area contributed by atoms with E-state index in [9.17, 15) is 0 Å². The van der Waals surface area contributed by atoms with Crippen molar-refractivity contribution < 1.29 is 0 Å². The van der Waals surface area contributed by atoms with E-state index in [0.29, 0.717) is 0 Å². The Bertz CT molecular complexity index is 2810. The molecular weight excluding hydrogens is 571 g/mol. The SMILES string of the molecule is c1ccc(-c2nc(-c3ccc4c(c3)c3ccccc3c3c4ccc4c5ccccc5n(-c5ccccc5)c43)nc3ccccc23)cc1. The van der Waals surface area contributed by atoms with Crippen LogP contribution in [0.2, 0.25) is 0 Å². The molecule has 0 aliphatic carbocycles. The fourth-order valence-electron chi connectivity index (χ4n) is 7.50. The molecule has 218 valence electrons. The van der Waals surface area contributed by atoms with Gasteiger partial charge in [0.25, 0.3) is 0 Å². The number of aromatic nitrogens is 3. The van der Waals surface area contributed by atoms with E-state index in [4.69, 9.17) is 9.97 Å². The van der Waals surface area contributed by atoms with Crippen LogP contribution < -0.4 is 0 Å². The maximum atomic E-state index is 5.19. The Morgan fingerprint density at radius 2 is 0.979 bits per heavy atom. The molecule has 0 amide bonds. The van der Waals surface area contributed by atoms with Gasteiger partial charge in [-0.05, 0) is 57.3 Å². The maximum Gasteiger partial charge on any atom is 0.160 e. The quantitative estimate of drug-likeness (QED) is 0.190. The monoisotopic (exact) mass is 597 g/mol. The van der Waals surface area contributed by atoms with Crippen molar-refractivity contribution in [2.45, 2.75) is 0 Å². The fraction of sp³-hybridized carbons (Fsp3) is 0. The molecule has 47 heavy (non-hydrogen) atoms. The minimum atomic E-state index is 0.730. The summed E-state index contributed by atoms with van der Waals surface area (Å²) < 4.78 is 2.44. The van der Waals surface area contributed by atoms with E-state index in [1.165, 1.54) is 54.1 Å². The fourth-order valence-corrected chi connectivity index (χ4v) is 7.50. The van der Waals surface area contributed by atoms with Crippen LogP contribution >= 0.6 is 0 Å². The number of nitrogens with zero attached hydrogens (tertiary/aromatic N) is 3. The lowest BCUT2D eigenvalue weighted by atomic mass is 9.91. The van der Waals surface area contributed by atoms with E-state index < -0.39 is 0 Å². The van der Waals surface area contributed by atoms with E-state index in [1.54, 1.807) is 0 Å². The van der Waals surface area contributed by atoms with Gasteiger partial charge in [0.1, 0.15) is 0 Å². The van der Waals surface area contributed by atoms with Crippen LogP contribution in [0.25, 0.3) is 93.4 Å². The molecular formula is C44H27N3. The zero-order chi connectivity index (χ0) is 30.9. The summed E-state index contributed by atoms with van der Waals surface area (Å²) in [6, 6.07) is 58.4. The molecule has 8 aromatic carbocycles. The highest BCUT2D eigenvalue weighted by Gasteiger charge is 2.19. The molecule has 3 heteroatoms. The number of fused-ring (bicyclic) bond motifs is 11. The van der Waals surface area contributed by atoms with Gasteiger partial charge in [0.05, 0.1) is 22.2 Å². The molecule has 0 spiro atoms. The minimum Gasteiger partial charge on any atom is -0.309 e. The molecule has 0 bridgehead atoms. The van der Waals surface area contributed by atoms with Crippen molar-refractivity contribution >= 4 is 65.0 Å². The molecule has 0 saturated heterocycles. The van der Waals surface area contributed by atoms with Crippen LogP contribution in [0.15, 0.2) is 164 Å². The van der Waals surface area contributed by atoms with Gasteiger partial charge in [0, 0.05) is 38.4 Å². The Hall–Kier alpha value is -6.32. The van der Waals surface area contributed by atoms with Crippen molar-refractivity contribution in [1.29, 1.82) is 0 Å². The summed E-state index contributed by atoms with van der Waals surface area (Å²) in [7, 11) is 0. The Balaban J connectivity index is 1.30. The van der Waals surface area contributed by atoms with Crippen LogP contribution in [0.1, 0.15) is 0 Å². The molecule has 0 fully saturated rings. The first-order chi connectivity index (χ1) is 23.3. The van der Waals surface area contributed by atoms with Crippen LogP contribution in [-0.4, -0.2) is 14.5 Å². The van der Waals surface area contributed by atoms with Gasteiger partial charge in [0.2, 0.25) is 0 Å². The Morgan fingerprint density at radius 1 is 0.383 bits per heavy atom. The Morgan fingerprint density at radius 3 is 1.81 bits per heavy atom. The molecule has 10 rings (SSSR count). The van der Waals surface area contributed by atoms with Gasteiger partial charge in [0.15, 0.2) is 5.82 Å².